The smallest absolute Gasteiger partial charge is 0.258 e. The van der Waals surface area contributed by atoms with Crippen LogP contribution in [0.1, 0.15) is 11.6 Å². The van der Waals surface area contributed by atoms with Gasteiger partial charge in [-0.3, -0.25) is 4.90 Å². The van der Waals surface area contributed by atoms with E-state index in [1.165, 1.54) is 6.20 Å². The van der Waals surface area contributed by atoms with Crippen LogP contribution in [-0.2, 0) is 0 Å². The van der Waals surface area contributed by atoms with Crippen molar-refractivity contribution in [1.82, 2.24) is 15.2 Å². The van der Waals surface area contributed by atoms with Crippen molar-refractivity contribution in [2.24, 2.45) is 0 Å². The lowest BCUT2D eigenvalue weighted by atomic mass is 10.1. The summed E-state index contributed by atoms with van der Waals surface area (Å²) in [5.74, 6) is 0. The van der Waals surface area contributed by atoms with Crippen LogP contribution in [0.15, 0.2) is 18.3 Å². The topological polar surface area (TPSA) is 28.2 Å². The molecule has 8 heteroatoms. The van der Waals surface area contributed by atoms with Crippen molar-refractivity contribution in [2.75, 3.05) is 26.2 Å². The summed E-state index contributed by atoms with van der Waals surface area (Å²) in [6, 6.07) is 2.28. The molecule has 1 fully saturated rings. The Morgan fingerprint density at radius 3 is 2.32 bits per heavy atom. The summed E-state index contributed by atoms with van der Waals surface area (Å²) in [4.78, 5) is 5.65. The molecule has 0 radical (unpaired) electrons. The summed E-state index contributed by atoms with van der Waals surface area (Å²) in [5, 5.41) is 3.47. The SMILES string of the molecule is Cl.Cl.FC(F)[C@@H](c1ccc(Cl)nc1)N1CCNCC1. The molecule has 1 aromatic rings. The lowest BCUT2D eigenvalue weighted by Gasteiger charge is -2.34. The zero-order valence-electron chi connectivity index (χ0n) is 10.1. The Morgan fingerprint density at radius 1 is 1.21 bits per heavy atom. The first-order valence-electron chi connectivity index (χ1n) is 5.53. The van der Waals surface area contributed by atoms with E-state index < -0.39 is 12.5 Å². The minimum absolute atomic E-state index is 0. The van der Waals surface area contributed by atoms with Crippen molar-refractivity contribution >= 4 is 36.4 Å². The number of nitrogens with one attached hydrogen (secondary N) is 1. The second kappa shape index (κ2) is 8.87. The van der Waals surface area contributed by atoms with E-state index in [1.807, 2.05) is 0 Å². The molecule has 1 saturated heterocycles. The highest BCUT2D eigenvalue weighted by atomic mass is 35.5. The highest BCUT2D eigenvalue weighted by Crippen LogP contribution is 2.27. The molecule has 0 aromatic carbocycles. The summed E-state index contributed by atoms with van der Waals surface area (Å²) in [5.41, 5.74) is 0.520. The van der Waals surface area contributed by atoms with Crippen LogP contribution < -0.4 is 5.32 Å². The summed E-state index contributed by atoms with van der Waals surface area (Å²) in [6.45, 7) is 2.73. The number of pyridine rings is 1. The second-order valence-corrected chi connectivity index (χ2v) is 4.37. The Kier molecular flexibility index (Phi) is 8.78. The van der Waals surface area contributed by atoms with Gasteiger partial charge in [-0.25, -0.2) is 13.8 Å². The van der Waals surface area contributed by atoms with Crippen LogP contribution in [0, 0.1) is 0 Å². The molecule has 0 aliphatic carbocycles. The van der Waals surface area contributed by atoms with Gasteiger partial charge in [-0.2, -0.15) is 0 Å². The van der Waals surface area contributed by atoms with E-state index >= 15 is 0 Å². The van der Waals surface area contributed by atoms with Gasteiger partial charge < -0.3 is 5.32 Å². The molecule has 1 aliphatic rings. The number of hydrogen-bond donors (Lipinski definition) is 1. The molecule has 1 aromatic heterocycles. The molecule has 110 valence electrons. The molecular formula is C11H16Cl3F2N3. The monoisotopic (exact) mass is 333 g/mol. The van der Waals surface area contributed by atoms with Crippen molar-refractivity contribution in [3.05, 3.63) is 29.0 Å². The fraction of sp³-hybridized carbons (Fsp3) is 0.545. The molecule has 2 rings (SSSR count). The first kappa shape index (κ1) is 18.8. The van der Waals surface area contributed by atoms with Crippen LogP contribution >= 0.6 is 36.4 Å². The van der Waals surface area contributed by atoms with Gasteiger partial charge in [0, 0.05) is 32.4 Å². The highest BCUT2D eigenvalue weighted by Gasteiger charge is 2.30. The predicted molar refractivity (Wildman–Crippen MR) is 76.9 cm³/mol. The van der Waals surface area contributed by atoms with E-state index in [0.717, 1.165) is 13.1 Å². The van der Waals surface area contributed by atoms with Gasteiger partial charge in [0.25, 0.3) is 6.43 Å². The van der Waals surface area contributed by atoms with Gasteiger partial charge in [-0.15, -0.1) is 24.8 Å². The van der Waals surface area contributed by atoms with Crippen LogP contribution in [0.25, 0.3) is 0 Å². The Labute approximate surface area is 128 Å². The number of nitrogens with zero attached hydrogens (tertiary/aromatic N) is 2. The van der Waals surface area contributed by atoms with Crippen LogP contribution in [-0.4, -0.2) is 42.5 Å². The molecule has 1 aliphatic heterocycles. The summed E-state index contributed by atoms with van der Waals surface area (Å²) in [6.07, 6.45) is -0.989. The third-order valence-corrected chi connectivity index (χ3v) is 3.10. The number of piperazine rings is 1. The van der Waals surface area contributed by atoms with Gasteiger partial charge in [-0.1, -0.05) is 17.7 Å². The van der Waals surface area contributed by atoms with Crippen molar-refractivity contribution < 1.29 is 8.78 Å². The molecule has 0 spiro atoms. The van der Waals surface area contributed by atoms with E-state index in [9.17, 15) is 8.78 Å². The third kappa shape index (κ3) is 5.00. The van der Waals surface area contributed by atoms with Crippen molar-refractivity contribution in [3.63, 3.8) is 0 Å². The number of aromatic nitrogens is 1. The van der Waals surface area contributed by atoms with Gasteiger partial charge >= 0.3 is 0 Å². The Bertz CT molecular complexity index is 359. The first-order chi connectivity index (χ1) is 8.18. The molecule has 19 heavy (non-hydrogen) atoms. The molecule has 3 nitrogen and oxygen atoms in total. The molecule has 0 saturated carbocycles. The molecule has 0 bridgehead atoms. The van der Waals surface area contributed by atoms with Gasteiger partial charge in [0.2, 0.25) is 0 Å². The summed E-state index contributed by atoms with van der Waals surface area (Å²) >= 11 is 5.66. The van der Waals surface area contributed by atoms with E-state index in [0.29, 0.717) is 23.8 Å². The summed E-state index contributed by atoms with van der Waals surface area (Å²) < 4.78 is 26.3. The average Bonchev–Trinajstić information content (AvgIpc) is 2.33. The molecule has 1 N–H and O–H groups in total. The maximum atomic E-state index is 13.1. The van der Waals surface area contributed by atoms with E-state index in [2.05, 4.69) is 10.3 Å². The normalized spacial score (nSPS) is 17.5. The second-order valence-electron chi connectivity index (χ2n) is 3.98. The van der Waals surface area contributed by atoms with Gasteiger partial charge in [0.05, 0.1) is 6.04 Å². The maximum absolute atomic E-state index is 13.1. The van der Waals surface area contributed by atoms with E-state index in [4.69, 9.17) is 11.6 Å². The van der Waals surface area contributed by atoms with Crippen LogP contribution in [0.2, 0.25) is 5.15 Å². The molecule has 1 atom stereocenters. The van der Waals surface area contributed by atoms with Crippen molar-refractivity contribution in [1.29, 1.82) is 0 Å². The Balaban J connectivity index is 0.00000162. The standard InChI is InChI=1S/C11H14ClF2N3.2ClH/c12-9-2-1-8(7-16-9)10(11(13)14)17-5-3-15-4-6-17;;/h1-2,7,10-11,15H,3-6H2;2*1H/t10-;;/m1../s1. The molecular weight excluding hydrogens is 318 g/mol. The van der Waals surface area contributed by atoms with E-state index in [-0.39, 0.29) is 24.8 Å². The quantitative estimate of drug-likeness (QED) is 0.862. The molecule has 0 amide bonds. The van der Waals surface area contributed by atoms with E-state index in [1.54, 1.807) is 17.0 Å². The zero-order valence-corrected chi connectivity index (χ0v) is 12.4. The lowest BCUT2D eigenvalue weighted by molar-refractivity contribution is 0.0180. The van der Waals surface area contributed by atoms with Gasteiger partial charge in [0.1, 0.15) is 5.15 Å². The Hall–Kier alpha value is -0.200. The fourth-order valence-corrected chi connectivity index (χ4v) is 2.15. The highest BCUT2D eigenvalue weighted by molar-refractivity contribution is 6.29. The maximum Gasteiger partial charge on any atom is 0.258 e. The largest absolute Gasteiger partial charge is 0.314 e. The van der Waals surface area contributed by atoms with Gasteiger partial charge in [0.15, 0.2) is 0 Å². The fourth-order valence-electron chi connectivity index (χ4n) is 2.04. The van der Waals surface area contributed by atoms with Crippen LogP contribution in [0.3, 0.4) is 0 Å². The molecule has 2 heterocycles. The zero-order chi connectivity index (χ0) is 12.3. The number of rotatable bonds is 3. The predicted octanol–water partition coefficient (Wildman–Crippen LogP) is 2.79. The number of hydrogen-bond acceptors (Lipinski definition) is 3. The van der Waals surface area contributed by atoms with Crippen molar-refractivity contribution in [3.8, 4) is 0 Å². The van der Waals surface area contributed by atoms with Crippen molar-refractivity contribution in [2.45, 2.75) is 12.5 Å². The van der Waals surface area contributed by atoms with Gasteiger partial charge in [-0.05, 0) is 11.6 Å². The Morgan fingerprint density at radius 2 is 1.84 bits per heavy atom. The van der Waals surface area contributed by atoms with Crippen LogP contribution in [0.4, 0.5) is 8.78 Å². The average molecular weight is 335 g/mol. The summed E-state index contributed by atoms with van der Waals surface area (Å²) in [7, 11) is 0. The van der Waals surface area contributed by atoms with Crippen LogP contribution in [0.5, 0.6) is 0 Å². The number of halogens is 5. The number of alkyl halides is 2. The minimum Gasteiger partial charge on any atom is -0.314 e. The first-order valence-corrected chi connectivity index (χ1v) is 5.90. The third-order valence-electron chi connectivity index (χ3n) is 2.88. The minimum atomic E-state index is -2.42. The molecule has 0 unspecified atom stereocenters. The lowest BCUT2D eigenvalue weighted by Crippen LogP contribution is -2.46.